The first-order valence-electron chi connectivity index (χ1n) is 9.03. The van der Waals surface area contributed by atoms with Gasteiger partial charge in [0.2, 0.25) is 0 Å². The first-order valence-corrected chi connectivity index (χ1v) is 9.03. The minimum absolute atomic E-state index is 0.186. The molecule has 0 heterocycles. The van der Waals surface area contributed by atoms with Crippen molar-refractivity contribution in [3.63, 3.8) is 0 Å². The topological polar surface area (TPSA) is 0 Å². The number of allylic oxidation sites excluding steroid dienone is 1. The molecule has 0 radical (unpaired) electrons. The van der Waals surface area contributed by atoms with E-state index in [1.165, 1.54) is 42.0 Å². The van der Waals surface area contributed by atoms with Crippen molar-refractivity contribution in [2.24, 2.45) is 0 Å². The molecule has 0 aliphatic carbocycles. The second-order valence-electron chi connectivity index (χ2n) is 6.45. The van der Waals surface area contributed by atoms with Crippen LogP contribution in [0.3, 0.4) is 0 Å². The van der Waals surface area contributed by atoms with E-state index in [9.17, 15) is 13.2 Å². The van der Waals surface area contributed by atoms with Crippen LogP contribution in [0.4, 0.5) is 13.2 Å². The number of benzene rings is 3. The van der Waals surface area contributed by atoms with Gasteiger partial charge < -0.3 is 0 Å². The van der Waals surface area contributed by atoms with Crippen LogP contribution in [-0.2, 0) is 6.42 Å². The lowest BCUT2D eigenvalue weighted by Crippen LogP contribution is -1.92. The summed E-state index contributed by atoms with van der Waals surface area (Å²) in [5.41, 5.74) is 2.33. The molecule has 140 valence electrons. The van der Waals surface area contributed by atoms with Gasteiger partial charge in [-0.25, -0.2) is 13.2 Å². The average molecular weight is 376 g/mol. The largest absolute Gasteiger partial charge is 0.207 e. The molecular weight excluding hydrogens is 357 g/mol. The SMILES string of the molecule is C=CCCCc1ccc(C#Cc2cc(F)c(-c3ccc(F)cc3)c(F)c2)cc1. The van der Waals surface area contributed by atoms with E-state index in [1.54, 1.807) is 0 Å². The zero-order valence-electron chi connectivity index (χ0n) is 15.3. The molecule has 0 nitrogen and oxygen atoms in total. The van der Waals surface area contributed by atoms with Crippen molar-refractivity contribution in [2.75, 3.05) is 0 Å². The summed E-state index contributed by atoms with van der Waals surface area (Å²) in [7, 11) is 0. The van der Waals surface area contributed by atoms with Gasteiger partial charge in [0.1, 0.15) is 17.5 Å². The maximum atomic E-state index is 14.4. The fourth-order valence-electron chi connectivity index (χ4n) is 2.89. The smallest absolute Gasteiger partial charge is 0.135 e. The first kappa shape index (κ1) is 19.5. The second-order valence-corrected chi connectivity index (χ2v) is 6.45. The van der Waals surface area contributed by atoms with Crippen LogP contribution in [0.25, 0.3) is 11.1 Å². The summed E-state index contributed by atoms with van der Waals surface area (Å²) in [6.45, 7) is 3.71. The maximum Gasteiger partial charge on any atom is 0.135 e. The number of hydrogen-bond donors (Lipinski definition) is 0. The molecule has 0 spiro atoms. The van der Waals surface area contributed by atoms with E-state index in [0.717, 1.165) is 24.8 Å². The molecule has 0 N–H and O–H groups in total. The number of rotatable bonds is 5. The van der Waals surface area contributed by atoms with Crippen LogP contribution in [0.1, 0.15) is 29.5 Å². The van der Waals surface area contributed by atoms with Crippen LogP contribution in [0.15, 0.2) is 73.3 Å². The molecule has 0 fully saturated rings. The predicted molar refractivity (Wildman–Crippen MR) is 107 cm³/mol. The first-order chi connectivity index (χ1) is 13.6. The van der Waals surface area contributed by atoms with Gasteiger partial charge in [0.15, 0.2) is 0 Å². The molecule has 3 heteroatoms. The monoisotopic (exact) mass is 376 g/mol. The van der Waals surface area contributed by atoms with Gasteiger partial charge in [-0.1, -0.05) is 42.2 Å². The van der Waals surface area contributed by atoms with Crippen molar-refractivity contribution in [3.05, 3.63) is 107 Å². The van der Waals surface area contributed by atoms with Crippen LogP contribution >= 0.6 is 0 Å². The Kier molecular flexibility index (Phi) is 6.34. The zero-order valence-corrected chi connectivity index (χ0v) is 15.3. The highest BCUT2D eigenvalue weighted by Crippen LogP contribution is 2.27. The van der Waals surface area contributed by atoms with Gasteiger partial charge in [0, 0.05) is 11.1 Å². The third-order valence-corrected chi connectivity index (χ3v) is 4.35. The molecule has 0 atom stereocenters. The standard InChI is InChI=1S/C25H19F3/c1-2-3-4-5-18-6-8-19(9-7-18)10-11-20-16-23(27)25(24(28)17-20)21-12-14-22(26)15-13-21/h2,6-9,12-17H,1,3-5H2. The van der Waals surface area contributed by atoms with E-state index in [2.05, 4.69) is 18.4 Å². The summed E-state index contributed by atoms with van der Waals surface area (Å²) in [5.74, 6) is 3.81. The number of hydrogen-bond acceptors (Lipinski definition) is 0. The van der Waals surface area contributed by atoms with E-state index in [1.807, 2.05) is 30.3 Å². The molecule has 0 saturated carbocycles. The second kappa shape index (κ2) is 9.10. The number of halogens is 3. The lowest BCUT2D eigenvalue weighted by molar-refractivity contribution is 0.588. The van der Waals surface area contributed by atoms with Crippen LogP contribution in [0.5, 0.6) is 0 Å². The van der Waals surface area contributed by atoms with Gasteiger partial charge in [0.05, 0.1) is 5.56 Å². The quantitative estimate of drug-likeness (QED) is 0.265. The normalized spacial score (nSPS) is 10.2. The number of aryl methyl sites for hydroxylation is 1. The molecule has 3 aromatic carbocycles. The van der Waals surface area contributed by atoms with Crippen molar-refractivity contribution in [3.8, 4) is 23.0 Å². The summed E-state index contributed by atoms with van der Waals surface area (Å²) >= 11 is 0. The molecule has 28 heavy (non-hydrogen) atoms. The lowest BCUT2D eigenvalue weighted by Gasteiger charge is -2.06. The minimum atomic E-state index is -0.728. The Hall–Kier alpha value is -3.25. The molecule has 0 saturated heterocycles. The van der Waals surface area contributed by atoms with Crippen molar-refractivity contribution < 1.29 is 13.2 Å². The van der Waals surface area contributed by atoms with Crippen molar-refractivity contribution in [2.45, 2.75) is 19.3 Å². The minimum Gasteiger partial charge on any atom is -0.207 e. The van der Waals surface area contributed by atoms with E-state index in [0.29, 0.717) is 0 Å². The summed E-state index contributed by atoms with van der Waals surface area (Å²) in [4.78, 5) is 0. The number of unbranched alkanes of at least 4 members (excludes halogenated alkanes) is 1. The van der Waals surface area contributed by atoms with Gasteiger partial charge in [-0.15, -0.1) is 6.58 Å². The Morgan fingerprint density at radius 2 is 1.39 bits per heavy atom. The van der Waals surface area contributed by atoms with Gasteiger partial charge in [-0.3, -0.25) is 0 Å². The Labute approximate surface area is 163 Å². The maximum absolute atomic E-state index is 14.4. The molecule has 3 aromatic rings. The van der Waals surface area contributed by atoms with E-state index < -0.39 is 17.5 Å². The van der Waals surface area contributed by atoms with Crippen LogP contribution in [0, 0.1) is 29.3 Å². The summed E-state index contributed by atoms with van der Waals surface area (Å²) in [5, 5.41) is 0. The third kappa shape index (κ3) is 4.92. The molecule has 0 bridgehead atoms. The Balaban J connectivity index is 1.79. The fraction of sp³-hybridized carbons (Fsp3) is 0.120. The van der Waals surface area contributed by atoms with E-state index in [-0.39, 0.29) is 16.7 Å². The van der Waals surface area contributed by atoms with Crippen LogP contribution < -0.4 is 0 Å². The van der Waals surface area contributed by atoms with Gasteiger partial charge in [0.25, 0.3) is 0 Å². The molecule has 0 aliphatic rings. The van der Waals surface area contributed by atoms with Gasteiger partial charge >= 0.3 is 0 Å². The summed E-state index contributed by atoms with van der Waals surface area (Å²) < 4.78 is 41.9. The average Bonchev–Trinajstić information content (AvgIpc) is 2.68. The molecule has 0 unspecified atom stereocenters. The van der Waals surface area contributed by atoms with Crippen LogP contribution in [0.2, 0.25) is 0 Å². The van der Waals surface area contributed by atoms with Crippen molar-refractivity contribution in [1.82, 2.24) is 0 Å². The Morgan fingerprint density at radius 3 is 2.00 bits per heavy atom. The highest BCUT2D eigenvalue weighted by Gasteiger charge is 2.13. The molecule has 0 aromatic heterocycles. The van der Waals surface area contributed by atoms with Gasteiger partial charge in [-0.2, -0.15) is 0 Å². The molecule has 0 aliphatic heterocycles. The van der Waals surface area contributed by atoms with Crippen molar-refractivity contribution >= 4 is 0 Å². The third-order valence-electron chi connectivity index (χ3n) is 4.35. The highest BCUT2D eigenvalue weighted by atomic mass is 19.1. The predicted octanol–water partition coefficient (Wildman–Crippen LogP) is 6.68. The fourth-order valence-corrected chi connectivity index (χ4v) is 2.89. The van der Waals surface area contributed by atoms with Crippen LogP contribution in [-0.4, -0.2) is 0 Å². The molecule has 0 amide bonds. The zero-order chi connectivity index (χ0) is 19.9. The summed E-state index contributed by atoms with van der Waals surface area (Å²) in [6.07, 6.45) is 4.90. The summed E-state index contributed by atoms with van der Waals surface area (Å²) in [6, 6.07) is 15.2. The molecule has 3 rings (SSSR count). The van der Waals surface area contributed by atoms with Gasteiger partial charge in [-0.05, 0) is 66.8 Å². The highest BCUT2D eigenvalue weighted by molar-refractivity contribution is 5.66. The Bertz CT molecular complexity index is 997. The lowest BCUT2D eigenvalue weighted by atomic mass is 10.0. The van der Waals surface area contributed by atoms with E-state index in [4.69, 9.17) is 0 Å². The van der Waals surface area contributed by atoms with E-state index >= 15 is 0 Å². The Morgan fingerprint density at radius 1 is 0.786 bits per heavy atom. The van der Waals surface area contributed by atoms with Crippen molar-refractivity contribution in [1.29, 1.82) is 0 Å². The molecular formula is C25H19F3.